The van der Waals surface area contributed by atoms with Gasteiger partial charge in [0.1, 0.15) is 134 Å². The first-order valence-electron chi connectivity index (χ1n) is 28.3. The zero-order chi connectivity index (χ0) is 68.0. The Morgan fingerprint density at radius 1 is 0.440 bits per heavy atom. The second-order valence-electron chi connectivity index (χ2n) is 22.6. The maximum Gasteiger partial charge on any atom is 0.364 e. The number of aliphatic carboxylic acids is 2. The summed E-state index contributed by atoms with van der Waals surface area (Å²) in [6.45, 7) is -3.18. The van der Waals surface area contributed by atoms with Gasteiger partial charge in [-0.05, 0) is 0 Å². The van der Waals surface area contributed by atoms with E-state index >= 15 is 0 Å². The number of aliphatic hydroxyl groups is 18. The molecule has 1 unspecified atom stereocenters. The minimum absolute atomic E-state index is 0.819. The standard InChI is InChI=1S/C50H82N4O37/c1-13(59)51-25-17(63)5-49(47(77)78,90-40(25)29(67)19(65)7-55)81-11-23-31(69)35(73)36(74)45(85-23)87-39-22(10-58)84-44(28(34(39)72)54-16(4)62)89-42-32(70)24(86-46(37(42)75)88-38-21(9-57)83-43(76)27(33(38)71)53-15(3)61)12-82-50(48(79)80)6-18(64)26(52-14(2)60)41(91-50)30(68)20(66)8-56/h17-46,55-58,63-76H,5-12H2,1-4H3,(H,51,59)(H,52,60)(H,53,61)(H,54,62)(H,77,78)(H,79,80)/t17-,18-,19+,20+,21+,22+,23+,24+,25+,26+,27+,28+,29+,30+,31-,32-,33+,34+,35-,36+,37+,38+,39+,40+,41+,42-,43?,44-,45-,46-,49+,50+/m0/s1. The fourth-order valence-corrected chi connectivity index (χ4v) is 11.3. The molecule has 6 fully saturated rings. The molecule has 41 nitrogen and oxygen atoms in total. The predicted molar refractivity (Wildman–Crippen MR) is 280 cm³/mol. The highest BCUT2D eigenvalue weighted by Crippen LogP contribution is 2.39. The van der Waals surface area contributed by atoms with Gasteiger partial charge in [-0.25, -0.2) is 9.59 Å². The van der Waals surface area contributed by atoms with E-state index in [1.807, 2.05) is 0 Å². The second-order valence-corrected chi connectivity index (χ2v) is 22.6. The Morgan fingerprint density at radius 3 is 1.21 bits per heavy atom. The second kappa shape index (κ2) is 31.9. The molecule has 6 heterocycles. The van der Waals surface area contributed by atoms with E-state index in [0.717, 1.165) is 27.7 Å². The van der Waals surface area contributed by atoms with Gasteiger partial charge in [-0.1, -0.05) is 0 Å². The number of hydrogen-bond donors (Lipinski definition) is 24. The van der Waals surface area contributed by atoms with Gasteiger partial charge in [-0.2, -0.15) is 0 Å². The fourth-order valence-electron chi connectivity index (χ4n) is 11.3. The van der Waals surface area contributed by atoms with Gasteiger partial charge in [0.15, 0.2) is 25.2 Å². The van der Waals surface area contributed by atoms with Gasteiger partial charge in [0, 0.05) is 40.5 Å². The van der Waals surface area contributed by atoms with Crippen LogP contribution in [-0.4, -0.2) is 373 Å². The molecule has 0 saturated carbocycles. The first-order chi connectivity index (χ1) is 42.6. The van der Waals surface area contributed by atoms with Crippen LogP contribution in [0.15, 0.2) is 0 Å². The van der Waals surface area contributed by atoms with Gasteiger partial charge in [0.25, 0.3) is 11.6 Å². The first-order valence-corrected chi connectivity index (χ1v) is 28.3. The summed E-state index contributed by atoms with van der Waals surface area (Å²) in [6, 6.07) is -7.06. The summed E-state index contributed by atoms with van der Waals surface area (Å²) < 4.78 is 63.2. The Bertz CT molecular complexity index is 2450. The topological polar surface area (TPSA) is 657 Å². The van der Waals surface area contributed by atoms with Crippen LogP contribution in [0.2, 0.25) is 0 Å². The number of rotatable bonds is 26. The highest BCUT2D eigenvalue weighted by atomic mass is 16.8. The van der Waals surface area contributed by atoms with Crippen LogP contribution in [-0.2, 0) is 80.9 Å². The number of carboxylic acid groups (broad SMARTS) is 2. The molecule has 6 saturated heterocycles. The lowest BCUT2D eigenvalue weighted by Crippen LogP contribution is -2.70. The van der Waals surface area contributed by atoms with Crippen molar-refractivity contribution >= 4 is 35.6 Å². The Labute approximate surface area is 514 Å². The molecule has 41 heteroatoms. The minimum Gasteiger partial charge on any atom is -0.477 e. The lowest BCUT2D eigenvalue weighted by atomic mass is 9.88. The molecule has 24 N–H and O–H groups in total. The quantitative estimate of drug-likeness (QED) is 0.0382. The van der Waals surface area contributed by atoms with E-state index in [4.69, 9.17) is 52.1 Å². The summed E-state index contributed by atoms with van der Waals surface area (Å²) in [5.41, 5.74) is 0. The summed E-state index contributed by atoms with van der Waals surface area (Å²) in [6.07, 6.45) is -57.9. The average Bonchev–Trinajstić information content (AvgIpc) is 0.831. The maximum absolute atomic E-state index is 13.1. The lowest BCUT2D eigenvalue weighted by Gasteiger charge is -2.50. The van der Waals surface area contributed by atoms with E-state index in [2.05, 4.69) is 21.3 Å². The number of carbonyl (C=O) groups excluding carboxylic acids is 4. The van der Waals surface area contributed by atoms with Gasteiger partial charge >= 0.3 is 11.9 Å². The third kappa shape index (κ3) is 17.0. The average molecular weight is 1330 g/mol. The molecule has 6 aliphatic rings. The third-order valence-electron chi connectivity index (χ3n) is 16.0. The Morgan fingerprint density at radius 2 is 0.802 bits per heavy atom. The van der Waals surface area contributed by atoms with E-state index < -0.39 is 283 Å². The number of nitrogens with one attached hydrogen (secondary N) is 4. The number of hydrogen-bond acceptors (Lipinski definition) is 35. The zero-order valence-corrected chi connectivity index (χ0v) is 48.9. The highest BCUT2D eigenvalue weighted by Gasteiger charge is 2.61. The van der Waals surface area contributed by atoms with Gasteiger partial charge < -0.3 is 176 Å². The van der Waals surface area contributed by atoms with Crippen molar-refractivity contribution in [3.63, 3.8) is 0 Å². The fraction of sp³-hybridized carbons (Fsp3) is 0.880. The van der Waals surface area contributed by atoms with E-state index in [0.29, 0.717) is 0 Å². The summed E-state index contributed by atoms with van der Waals surface area (Å²) in [5, 5.41) is 226. The molecule has 6 aliphatic heterocycles. The molecule has 91 heavy (non-hydrogen) atoms. The number of amides is 4. The van der Waals surface area contributed by atoms with Crippen LogP contribution < -0.4 is 21.3 Å². The minimum atomic E-state index is -3.14. The Kier molecular flexibility index (Phi) is 26.6. The van der Waals surface area contributed by atoms with Crippen molar-refractivity contribution in [1.29, 1.82) is 0 Å². The van der Waals surface area contributed by atoms with Crippen molar-refractivity contribution in [2.24, 2.45) is 0 Å². The van der Waals surface area contributed by atoms with Crippen LogP contribution in [0, 0.1) is 0 Å². The molecule has 32 atom stereocenters. The molecular formula is C50H82N4O37. The van der Waals surface area contributed by atoms with Crippen LogP contribution in [0.3, 0.4) is 0 Å². The van der Waals surface area contributed by atoms with E-state index in [9.17, 15) is 131 Å². The molecule has 0 radical (unpaired) electrons. The van der Waals surface area contributed by atoms with Crippen molar-refractivity contribution in [2.75, 3.05) is 39.6 Å². The van der Waals surface area contributed by atoms with Crippen LogP contribution >= 0.6 is 0 Å². The highest BCUT2D eigenvalue weighted by molar-refractivity contribution is 5.77. The number of aliphatic hydroxyl groups excluding tert-OH is 18. The molecule has 0 bridgehead atoms. The number of carbonyl (C=O) groups is 6. The van der Waals surface area contributed by atoms with Crippen molar-refractivity contribution in [1.82, 2.24) is 21.3 Å². The summed E-state index contributed by atoms with van der Waals surface area (Å²) in [5.74, 6) is -13.7. The monoisotopic (exact) mass is 1330 g/mol. The molecular weight excluding hydrogens is 1250 g/mol. The lowest BCUT2D eigenvalue weighted by molar-refractivity contribution is -0.383. The molecule has 4 amide bonds. The van der Waals surface area contributed by atoms with E-state index in [1.165, 1.54) is 0 Å². The van der Waals surface area contributed by atoms with Crippen molar-refractivity contribution in [3.8, 4) is 0 Å². The maximum atomic E-state index is 13.1. The van der Waals surface area contributed by atoms with Gasteiger partial charge in [-0.15, -0.1) is 0 Å². The third-order valence-corrected chi connectivity index (χ3v) is 16.0. The number of ether oxygens (including phenoxy) is 11. The first kappa shape index (κ1) is 75.7. The van der Waals surface area contributed by atoms with Crippen molar-refractivity contribution in [3.05, 3.63) is 0 Å². The van der Waals surface area contributed by atoms with Crippen LogP contribution in [0.25, 0.3) is 0 Å². The van der Waals surface area contributed by atoms with Crippen LogP contribution in [0.1, 0.15) is 40.5 Å². The summed E-state index contributed by atoms with van der Waals surface area (Å²) in [4.78, 5) is 75.2. The molecule has 0 spiro atoms. The van der Waals surface area contributed by atoms with Gasteiger partial charge in [-0.3, -0.25) is 19.2 Å². The SMILES string of the molecule is CC(=O)N[C@H]1[C@H](O[C@H]2[C@@H](O)[C@@H](CO[C@]3(C(=O)O)C[C@H](O)[C@@H](NC(C)=O)[C@H]([C@H](O)[C@H](O)CO)O3)O[C@@H](O[C@H]3[C@H](O)[C@@H](NC(C)=O)C(O)O[C@@H]3CO)[C@@H]2O)O[C@H](CO)[C@@H](O[C@@H]2O[C@H](CO[C@]3(C(=O)O)C[C@H](O)[C@@H](NC(C)=O)[C@H]([C@H](O)[C@H](O)CO)O3)[C@H](O)[C@H](O)[C@H]2O)[C@@H]1O. The molecule has 0 aromatic heterocycles. The smallest absolute Gasteiger partial charge is 0.364 e. The zero-order valence-electron chi connectivity index (χ0n) is 48.9. The molecule has 524 valence electrons. The van der Waals surface area contributed by atoms with E-state index in [-0.39, 0.29) is 0 Å². The Balaban J connectivity index is 1.30. The van der Waals surface area contributed by atoms with E-state index in [1.54, 1.807) is 0 Å². The summed E-state index contributed by atoms with van der Waals surface area (Å²) in [7, 11) is 0. The molecule has 0 aromatic rings. The predicted octanol–water partition coefficient (Wildman–Crippen LogP) is -15.1. The number of carboxylic acids is 2. The van der Waals surface area contributed by atoms with Crippen molar-refractivity contribution < 1.29 is 183 Å². The van der Waals surface area contributed by atoms with Crippen molar-refractivity contribution in [2.45, 2.75) is 236 Å². The summed E-state index contributed by atoms with van der Waals surface area (Å²) >= 11 is 0. The van der Waals surface area contributed by atoms with Gasteiger partial charge in [0.05, 0.1) is 63.9 Å². The van der Waals surface area contributed by atoms with Crippen LogP contribution in [0.5, 0.6) is 0 Å². The molecule has 6 rings (SSSR count). The Hall–Kier alpha value is -4.34. The molecule has 0 aliphatic carbocycles. The van der Waals surface area contributed by atoms with Gasteiger partial charge in [0.2, 0.25) is 23.6 Å². The van der Waals surface area contributed by atoms with Crippen LogP contribution in [0.4, 0.5) is 0 Å². The largest absolute Gasteiger partial charge is 0.477 e. The molecule has 0 aromatic carbocycles. The normalized spacial score (nSPS) is 43.5.